The van der Waals surface area contributed by atoms with Crippen molar-refractivity contribution >= 4 is 43.4 Å². The molecule has 2 N–H and O–H groups in total. The summed E-state index contributed by atoms with van der Waals surface area (Å²) in [7, 11) is 0. The lowest BCUT2D eigenvalue weighted by molar-refractivity contribution is -0.142. The second kappa shape index (κ2) is 5.85. The summed E-state index contributed by atoms with van der Waals surface area (Å²) in [6, 6.07) is 7.51. The van der Waals surface area contributed by atoms with Crippen LogP contribution in [-0.2, 0) is 6.18 Å². The van der Waals surface area contributed by atoms with Gasteiger partial charge in [0.1, 0.15) is 0 Å². The summed E-state index contributed by atoms with van der Waals surface area (Å²) < 4.78 is 41.5. The van der Waals surface area contributed by atoms with Gasteiger partial charge in [-0.1, -0.05) is 28.1 Å². The van der Waals surface area contributed by atoms with Gasteiger partial charge in [0.15, 0.2) is 17.0 Å². The van der Waals surface area contributed by atoms with Gasteiger partial charge in [0.25, 0.3) is 5.91 Å². The molecule has 0 aliphatic carbocycles. The number of halogens is 5. The lowest BCUT2D eigenvalue weighted by Gasteiger charge is -2.11. The Bertz CT molecular complexity index is 951. The van der Waals surface area contributed by atoms with E-state index in [1.54, 1.807) is 24.3 Å². The topological polar surface area (TPSA) is 73.3 Å². The highest BCUT2D eigenvalue weighted by Gasteiger charge is 2.36. The number of aromatic nitrogens is 3. The Morgan fingerprint density at radius 1 is 1.17 bits per heavy atom. The molecule has 2 heterocycles. The minimum atomic E-state index is -4.69. The van der Waals surface area contributed by atoms with Gasteiger partial charge in [-0.05, 0) is 34.1 Å². The van der Waals surface area contributed by atoms with Crippen LogP contribution in [-0.4, -0.2) is 20.5 Å². The maximum Gasteiger partial charge on any atom is 0.433 e. The van der Waals surface area contributed by atoms with E-state index >= 15 is 0 Å². The third kappa shape index (κ3) is 2.91. The second-order valence-corrected chi connectivity index (χ2v) is 6.50. The highest BCUT2D eigenvalue weighted by Crippen LogP contribution is 2.34. The van der Waals surface area contributed by atoms with Crippen molar-refractivity contribution in [2.75, 3.05) is 0 Å². The molecule has 0 saturated heterocycles. The molecule has 0 spiro atoms. The monoisotopic (exact) mass is 462 g/mol. The van der Waals surface area contributed by atoms with E-state index in [2.05, 4.69) is 41.9 Å². The van der Waals surface area contributed by atoms with Crippen LogP contribution in [0.5, 0.6) is 0 Å². The zero-order chi connectivity index (χ0) is 17.6. The zero-order valence-corrected chi connectivity index (χ0v) is 14.8. The van der Waals surface area contributed by atoms with Crippen LogP contribution in [0.15, 0.2) is 39.3 Å². The number of nitrogens with two attached hydrogens (primary N) is 1. The number of rotatable bonds is 2. The number of primary amides is 1. The van der Waals surface area contributed by atoms with Crippen LogP contribution in [0, 0.1) is 0 Å². The number of carbonyl (C=O) groups is 1. The molecule has 0 fully saturated rings. The summed E-state index contributed by atoms with van der Waals surface area (Å²) in [5.74, 6) is -0.953. The van der Waals surface area contributed by atoms with Gasteiger partial charge >= 0.3 is 6.18 Å². The maximum atomic E-state index is 13.4. The lowest BCUT2D eigenvalue weighted by atomic mass is 10.1. The Hall–Kier alpha value is -1.94. The Kier molecular flexibility index (Phi) is 4.12. The molecule has 0 bridgehead atoms. The summed E-state index contributed by atoms with van der Waals surface area (Å²) in [5, 5.41) is 3.63. The number of fused-ring (bicyclic) bond motifs is 1. The fourth-order valence-corrected chi connectivity index (χ4v) is 2.92. The summed E-state index contributed by atoms with van der Waals surface area (Å²) in [5.41, 5.74) is 4.21. The molecular formula is C14H7Br2F3N4O. The Balaban J connectivity index is 2.35. The van der Waals surface area contributed by atoms with Crippen molar-refractivity contribution < 1.29 is 18.0 Å². The molecule has 0 atom stereocenters. The first kappa shape index (κ1) is 16.9. The summed E-state index contributed by atoms with van der Waals surface area (Å²) in [6.07, 6.45) is -4.69. The predicted molar refractivity (Wildman–Crippen MR) is 87.3 cm³/mol. The normalized spacial score (nSPS) is 11.9. The van der Waals surface area contributed by atoms with E-state index in [9.17, 15) is 18.0 Å². The molecule has 0 aliphatic rings. The van der Waals surface area contributed by atoms with E-state index < -0.39 is 17.8 Å². The van der Waals surface area contributed by atoms with Gasteiger partial charge in [-0.25, -0.2) is 9.50 Å². The molecule has 2 aromatic heterocycles. The molecule has 1 amide bonds. The van der Waals surface area contributed by atoms with Crippen molar-refractivity contribution in [1.82, 2.24) is 14.6 Å². The molecule has 1 aromatic carbocycles. The van der Waals surface area contributed by atoms with Gasteiger partial charge in [0.2, 0.25) is 0 Å². The Morgan fingerprint density at radius 3 is 2.33 bits per heavy atom. The van der Waals surface area contributed by atoms with Crippen molar-refractivity contribution in [3.63, 3.8) is 0 Å². The molecule has 5 nitrogen and oxygen atoms in total. The van der Waals surface area contributed by atoms with E-state index in [1.165, 1.54) is 0 Å². The fourth-order valence-electron chi connectivity index (χ4n) is 2.12. The SMILES string of the molecule is NC(=O)c1nn2c(C(F)(F)F)cc(-c3ccc(Br)cc3)nc2c1Br. The van der Waals surface area contributed by atoms with Crippen molar-refractivity contribution in [3.8, 4) is 11.3 Å². The second-order valence-electron chi connectivity index (χ2n) is 4.79. The van der Waals surface area contributed by atoms with Gasteiger partial charge < -0.3 is 5.73 Å². The average Bonchev–Trinajstić information content (AvgIpc) is 2.83. The van der Waals surface area contributed by atoms with E-state index in [1.807, 2.05) is 0 Å². The van der Waals surface area contributed by atoms with Crippen LogP contribution in [0.2, 0.25) is 0 Å². The first-order valence-electron chi connectivity index (χ1n) is 6.40. The van der Waals surface area contributed by atoms with E-state index in [-0.39, 0.29) is 21.5 Å². The standard InChI is InChI=1S/C14H7Br2F3N4O/c15-7-3-1-6(2-4-7)8-5-9(14(17,18)19)23-13(21-8)10(16)11(22-23)12(20)24/h1-5H,(H2,20,24). The van der Waals surface area contributed by atoms with Gasteiger partial charge in [0, 0.05) is 10.0 Å². The van der Waals surface area contributed by atoms with Gasteiger partial charge in [-0.3, -0.25) is 4.79 Å². The van der Waals surface area contributed by atoms with Crippen LogP contribution in [0.1, 0.15) is 16.2 Å². The minimum Gasteiger partial charge on any atom is -0.364 e. The molecule has 24 heavy (non-hydrogen) atoms. The quantitative estimate of drug-likeness (QED) is 0.623. The van der Waals surface area contributed by atoms with E-state index in [0.29, 0.717) is 10.1 Å². The van der Waals surface area contributed by atoms with E-state index in [0.717, 1.165) is 10.5 Å². The molecule has 3 aromatic rings. The average molecular weight is 464 g/mol. The number of amides is 1. The molecule has 10 heteroatoms. The molecule has 0 saturated carbocycles. The Labute approximate surface area is 149 Å². The van der Waals surface area contributed by atoms with Crippen LogP contribution in [0.3, 0.4) is 0 Å². The van der Waals surface area contributed by atoms with Crippen molar-refractivity contribution in [3.05, 3.63) is 50.7 Å². The minimum absolute atomic E-state index is 0.0134. The van der Waals surface area contributed by atoms with Crippen molar-refractivity contribution in [2.45, 2.75) is 6.18 Å². The van der Waals surface area contributed by atoms with Gasteiger partial charge in [0.05, 0.1) is 10.2 Å². The summed E-state index contributed by atoms with van der Waals surface area (Å²) in [4.78, 5) is 15.5. The molecule has 3 rings (SSSR count). The van der Waals surface area contributed by atoms with Gasteiger partial charge in [-0.2, -0.15) is 18.3 Å². The molecule has 0 unspecified atom stereocenters. The predicted octanol–water partition coefficient (Wildman–Crippen LogP) is 4.04. The number of carbonyl (C=O) groups excluding carboxylic acids is 1. The molecule has 124 valence electrons. The van der Waals surface area contributed by atoms with Crippen LogP contribution in [0.25, 0.3) is 16.9 Å². The third-order valence-corrected chi connectivity index (χ3v) is 4.46. The number of alkyl halides is 3. The lowest BCUT2D eigenvalue weighted by Crippen LogP contribution is -2.15. The summed E-state index contributed by atoms with van der Waals surface area (Å²) in [6.45, 7) is 0. The first-order chi connectivity index (χ1) is 11.2. The number of benzene rings is 1. The smallest absolute Gasteiger partial charge is 0.364 e. The zero-order valence-electron chi connectivity index (χ0n) is 11.6. The molecule has 0 aliphatic heterocycles. The third-order valence-electron chi connectivity index (χ3n) is 3.20. The fraction of sp³-hybridized carbons (Fsp3) is 0.0714. The molecular weight excluding hydrogens is 457 g/mol. The largest absolute Gasteiger partial charge is 0.433 e. The first-order valence-corrected chi connectivity index (χ1v) is 7.99. The van der Waals surface area contributed by atoms with Crippen molar-refractivity contribution in [2.24, 2.45) is 5.73 Å². The van der Waals surface area contributed by atoms with E-state index in [4.69, 9.17) is 5.73 Å². The van der Waals surface area contributed by atoms with Crippen LogP contribution in [0.4, 0.5) is 13.2 Å². The highest BCUT2D eigenvalue weighted by molar-refractivity contribution is 9.11. The molecule has 0 radical (unpaired) electrons. The van der Waals surface area contributed by atoms with Crippen molar-refractivity contribution in [1.29, 1.82) is 0 Å². The van der Waals surface area contributed by atoms with Crippen LogP contribution < -0.4 is 5.73 Å². The number of nitrogens with zero attached hydrogens (tertiary/aromatic N) is 3. The van der Waals surface area contributed by atoms with Gasteiger partial charge in [-0.15, -0.1) is 0 Å². The number of hydrogen-bond donors (Lipinski definition) is 1. The van der Waals surface area contributed by atoms with Crippen LogP contribution >= 0.6 is 31.9 Å². The summed E-state index contributed by atoms with van der Waals surface area (Å²) >= 11 is 6.31. The maximum absolute atomic E-state index is 13.4. The Morgan fingerprint density at radius 2 is 1.79 bits per heavy atom. The number of hydrogen-bond acceptors (Lipinski definition) is 3. The highest BCUT2D eigenvalue weighted by atomic mass is 79.9.